The SMILES string of the molecule is CCCCNC(=O)C(=O)N/N=C\c1cc(Br)ccc1Nc1cc(C)ccc1C. The van der Waals surface area contributed by atoms with Crippen LogP contribution < -0.4 is 16.1 Å². The van der Waals surface area contributed by atoms with Crippen molar-refractivity contribution in [3.63, 3.8) is 0 Å². The van der Waals surface area contributed by atoms with Gasteiger partial charge < -0.3 is 10.6 Å². The molecule has 3 N–H and O–H groups in total. The first-order valence-corrected chi connectivity index (χ1v) is 9.95. The zero-order chi connectivity index (χ0) is 20.5. The molecule has 2 aromatic carbocycles. The average Bonchev–Trinajstić information content (AvgIpc) is 2.66. The molecule has 0 aliphatic heterocycles. The second-order valence-electron chi connectivity index (χ2n) is 6.48. The summed E-state index contributed by atoms with van der Waals surface area (Å²) in [5.41, 5.74) is 7.14. The predicted molar refractivity (Wildman–Crippen MR) is 117 cm³/mol. The van der Waals surface area contributed by atoms with E-state index < -0.39 is 11.8 Å². The third-order valence-electron chi connectivity index (χ3n) is 4.07. The molecule has 0 radical (unpaired) electrons. The third kappa shape index (κ3) is 6.49. The van der Waals surface area contributed by atoms with E-state index in [2.05, 4.69) is 55.3 Å². The zero-order valence-corrected chi connectivity index (χ0v) is 17.9. The van der Waals surface area contributed by atoms with Crippen LogP contribution in [0.25, 0.3) is 0 Å². The highest BCUT2D eigenvalue weighted by Gasteiger charge is 2.11. The standard InChI is InChI=1S/C21H25BrN4O2/c1-4-5-10-23-20(27)21(28)26-24-13-16-12-17(22)8-9-18(16)25-19-11-14(2)6-7-15(19)3/h6-9,11-13,25H,4-5,10H2,1-3H3,(H,23,27)(H,26,28)/b24-13-. The van der Waals surface area contributed by atoms with E-state index in [-0.39, 0.29) is 0 Å². The normalized spacial score (nSPS) is 10.7. The van der Waals surface area contributed by atoms with Crippen molar-refractivity contribution < 1.29 is 9.59 Å². The highest BCUT2D eigenvalue weighted by molar-refractivity contribution is 9.10. The Morgan fingerprint density at radius 2 is 1.86 bits per heavy atom. The second kappa shape index (κ2) is 10.6. The highest BCUT2D eigenvalue weighted by Crippen LogP contribution is 2.26. The molecule has 2 aromatic rings. The maximum atomic E-state index is 11.8. The molecule has 7 heteroatoms. The minimum absolute atomic E-state index is 0.474. The van der Waals surface area contributed by atoms with Gasteiger partial charge in [0.25, 0.3) is 0 Å². The number of halogens is 1. The molecular formula is C21H25BrN4O2. The van der Waals surface area contributed by atoms with Crippen LogP contribution in [0.2, 0.25) is 0 Å². The molecule has 28 heavy (non-hydrogen) atoms. The van der Waals surface area contributed by atoms with Crippen molar-refractivity contribution in [2.45, 2.75) is 33.6 Å². The monoisotopic (exact) mass is 444 g/mol. The smallest absolute Gasteiger partial charge is 0.329 e. The van der Waals surface area contributed by atoms with E-state index in [1.54, 1.807) is 0 Å². The lowest BCUT2D eigenvalue weighted by molar-refractivity contribution is -0.139. The van der Waals surface area contributed by atoms with Gasteiger partial charge in [0.1, 0.15) is 0 Å². The molecular weight excluding hydrogens is 420 g/mol. The number of aryl methyl sites for hydroxylation is 2. The van der Waals surface area contributed by atoms with Gasteiger partial charge in [-0.1, -0.05) is 41.4 Å². The number of hydrogen-bond acceptors (Lipinski definition) is 4. The minimum atomic E-state index is -0.786. The predicted octanol–water partition coefficient (Wildman–Crippen LogP) is 4.18. The van der Waals surface area contributed by atoms with E-state index in [1.165, 1.54) is 6.21 Å². The number of unbranched alkanes of at least 4 members (excludes halogenated alkanes) is 1. The van der Waals surface area contributed by atoms with Crippen LogP contribution in [0.1, 0.15) is 36.5 Å². The van der Waals surface area contributed by atoms with Gasteiger partial charge in [-0.25, -0.2) is 5.43 Å². The van der Waals surface area contributed by atoms with Crippen LogP contribution in [0.5, 0.6) is 0 Å². The van der Waals surface area contributed by atoms with Crippen LogP contribution in [0.4, 0.5) is 11.4 Å². The Hall–Kier alpha value is -2.67. The van der Waals surface area contributed by atoms with Gasteiger partial charge in [0, 0.05) is 28.0 Å². The van der Waals surface area contributed by atoms with Crippen LogP contribution in [-0.4, -0.2) is 24.6 Å². The number of hydrazone groups is 1. The Bertz CT molecular complexity index is 881. The Balaban J connectivity index is 2.09. The van der Waals surface area contributed by atoms with Crippen molar-refractivity contribution >= 4 is 45.3 Å². The largest absolute Gasteiger partial charge is 0.355 e. The maximum absolute atomic E-state index is 11.8. The van der Waals surface area contributed by atoms with Crippen molar-refractivity contribution in [1.82, 2.24) is 10.7 Å². The average molecular weight is 445 g/mol. The van der Waals surface area contributed by atoms with Gasteiger partial charge in [-0.3, -0.25) is 9.59 Å². The molecule has 0 aromatic heterocycles. The van der Waals surface area contributed by atoms with Crippen LogP contribution >= 0.6 is 15.9 Å². The summed E-state index contributed by atoms with van der Waals surface area (Å²) in [6.45, 7) is 6.56. The van der Waals surface area contributed by atoms with Crippen molar-refractivity contribution in [1.29, 1.82) is 0 Å². The zero-order valence-electron chi connectivity index (χ0n) is 16.3. The van der Waals surface area contributed by atoms with Crippen molar-refractivity contribution in [2.24, 2.45) is 5.10 Å². The number of carbonyl (C=O) groups is 2. The van der Waals surface area contributed by atoms with Gasteiger partial charge in [-0.05, 0) is 55.7 Å². The van der Waals surface area contributed by atoms with Gasteiger partial charge in [0.05, 0.1) is 6.21 Å². The summed E-state index contributed by atoms with van der Waals surface area (Å²) < 4.78 is 0.879. The minimum Gasteiger partial charge on any atom is -0.355 e. The van der Waals surface area contributed by atoms with E-state index in [0.717, 1.165) is 45.4 Å². The Labute approximate surface area is 173 Å². The molecule has 0 heterocycles. The van der Waals surface area contributed by atoms with Crippen molar-refractivity contribution in [3.8, 4) is 0 Å². The summed E-state index contributed by atoms with van der Waals surface area (Å²) in [6, 6.07) is 11.9. The fourth-order valence-corrected chi connectivity index (χ4v) is 2.82. The number of hydrogen-bond donors (Lipinski definition) is 3. The molecule has 148 valence electrons. The number of carbonyl (C=O) groups excluding carboxylic acids is 2. The third-order valence-corrected chi connectivity index (χ3v) is 4.56. The summed E-state index contributed by atoms with van der Waals surface area (Å²) in [4.78, 5) is 23.5. The van der Waals surface area contributed by atoms with Crippen molar-refractivity contribution in [2.75, 3.05) is 11.9 Å². The molecule has 2 rings (SSSR count). The second-order valence-corrected chi connectivity index (χ2v) is 7.40. The first-order valence-electron chi connectivity index (χ1n) is 9.15. The Morgan fingerprint density at radius 3 is 2.61 bits per heavy atom. The molecule has 0 aliphatic carbocycles. The van der Waals surface area contributed by atoms with Crippen LogP contribution in [0.3, 0.4) is 0 Å². The van der Waals surface area contributed by atoms with Crippen LogP contribution in [0, 0.1) is 13.8 Å². The first-order chi connectivity index (χ1) is 13.4. The summed E-state index contributed by atoms with van der Waals surface area (Å²) >= 11 is 3.45. The summed E-state index contributed by atoms with van der Waals surface area (Å²) in [7, 11) is 0. The van der Waals surface area contributed by atoms with Crippen LogP contribution in [-0.2, 0) is 9.59 Å². The maximum Gasteiger partial charge on any atom is 0.329 e. The molecule has 0 fully saturated rings. The Morgan fingerprint density at radius 1 is 1.07 bits per heavy atom. The van der Waals surface area contributed by atoms with Gasteiger partial charge in [0.2, 0.25) is 0 Å². The molecule has 0 bridgehead atoms. The van der Waals surface area contributed by atoms with E-state index >= 15 is 0 Å². The summed E-state index contributed by atoms with van der Waals surface area (Å²) in [6.07, 6.45) is 3.28. The number of rotatable bonds is 7. The fourth-order valence-electron chi connectivity index (χ4n) is 2.44. The van der Waals surface area contributed by atoms with Gasteiger partial charge >= 0.3 is 11.8 Å². The molecule has 0 saturated carbocycles. The fraction of sp³-hybridized carbons (Fsp3) is 0.286. The van der Waals surface area contributed by atoms with E-state index in [1.807, 2.05) is 39.0 Å². The quantitative estimate of drug-likeness (QED) is 0.259. The highest BCUT2D eigenvalue weighted by atomic mass is 79.9. The molecule has 0 saturated heterocycles. The molecule has 0 unspecified atom stereocenters. The van der Waals surface area contributed by atoms with Gasteiger partial charge in [-0.15, -0.1) is 0 Å². The lowest BCUT2D eigenvalue weighted by atomic mass is 10.1. The lowest BCUT2D eigenvalue weighted by Crippen LogP contribution is -2.38. The summed E-state index contributed by atoms with van der Waals surface area (Å²) in [5.74, 6) is -1.47. The number of nitrogens with zero attached hydrogens (tertiary/aromatic N) is 1. The van der Waals surface area contributed by atoms with E-state index in [0.29, 0.717) is 6.54 Å². The number of benzene rings is 2. The molecule has 2 amide bonds. The number of nitrogens with one attached hydrogen (secondary N) is 3. The lowest BCUT2D eigenvalue weighted by Gasteiger charge is -2.13. The van der Waals surface area contributed by atoms with Gasteiger partial charge in [0.15, 0.2) is 0 Å². The molecule has 0 aliphatic rings. The molecule has 6 nitrogen and oxygen atoms in total. The van der Waals surface area contributed by atoms with E-state index in [9.17, 15) is 9.59 Å². The topological polar surface area (TPSA) is 82.6 Å². The van der Waals surface area contributed by atoms with Crippen molar-refractivity contribution in [3.05, 3.63) is 57.6 Å². The van der Waals surface area contributed by atoms with E-state index in [4.69, 9.17) is 0 Å². The molecule has 0 atom stereocenters. The number of amides is 2. The van der Waals surface area contributed by atoms with Crippen LogP contribution in [0.15, 0.2) is 46.0 Å². The first kappa shape index (κ1) is 21.6. The van der Waals surface area contributed by atoms with Gasteiger partial charge in [-0.2, -0.15) is 5.10 Å². The number of anilines is 2. The Kier molecular flexibility index (Phi) is 8.19. The summed E-state index contributed by atoms with van der Waals surface area (Å²) in [5, 5.41) is 9.88. The molecule has 0 spiro atoms.